The smallest absolute Gasteiger partial charge is 0.263 e. The van der Waals surface area contributed by atoms with Gasteiger partial charge in [-0.05, 0) is 6.07 Å². The van der Waals surface area contributed by atoms with Crippen molar-refractivity contribution in [1.82, 2.24) is 20.5 Å². The molecule has 6 nitrogen and oxygen atoms in total. The summed E-state index contributed by atoms with van der Waals surface area (Å²) in [6, 6.07) is 1.76. The number of carbonyl (C=O) groups excluding carboxylic acids is 1. The molecule has 19 heavy (non-hydrogen) atoms. The van der Waals surface area contributed by atoms with Crippen LogP contribution in [0.25, 0.3) is 10.2 Å². The van der Waals surface area contributed by atoms with E-state index in [2.05, 4.69) is 20.5 Å². The molecule has 0 aliphatic heterocycles. The highest BCUT2D eigenvalue weighted by Gasteiger charge is 2.16. The average Bonchev–Trinajstić information content (AvgIpc) is 3.05. The topological polar surface area (TPSA) is 93.8 Å². The molecule has 0 unspecified atom stereocenters. The highest BCUT2D eigenvalue weighted by atomic mass is 32.1. The molecule has 1 amide bonds. The molecule has 0 spiro atoms. The minimum atomic E-state index is -0.200. The van der Waals surface area contributed by atoms with Crippen LogP contribution in [0.15, 0.2) is 24.0 Å². The fourth-order valence-corrected chi connectivity index (χ4v) is 3.11. The summed E-state index contributed by atoms with van der Waals surface area (Å²) in [5.74, 6) is -0.200. The first-order valence-electron chi connectivity index (χ1n) is 5.41. The Labute approximate surface area is 116 Å². The van der Waals surface area contributed by atoms with Gasteiger partial charge in [0.1, 0.15) is 9.71 Å². The molecule has 3 heterocycles. The van der Waals surface area contributed by atoms with Gasteiger partial charge < -0.3 is 11.1 Å². The number of hydrogen-bond acceptors (Lipinski definition) is 7. The molecule has 0 saturated heterocycles. The van der Waals surface area contributed by atoms with Crippen LogP contribution in [-0.2, 0) is 6.54 Å². The van der Waals surface area contributed by atoms with Gasteiger partial charge in [0.15, 0.2) is 0 Å². The van der Waals surface area contributed by atoms with Gasteiger partial charge in [-0.25, -0.2) is 0 Å². The summed E-state index contributed by atoms with van der Waals surface area (Å²) in [7, 11) is 0. The number of amides is 1. The lowest BCUT2D eigenvalue weighted by Gasteiger charge is -2.01. The summed E-state index contributed by atoms with van der Waals surface area (Å²) in [6.07, 6.45) is 3.29. The molecule has 3 N–H and O–H groups in total. The number of thiophene rings is 1. The first kappa shape index (κ1) is 12.0. The summed E-state index contributed by atoms with van der Waals surface area (Å²) >= 11 is 2.74. The van der Waals surface area contributed by atoms with E-state index in [-0.39, 0.29) is 5.91 Å². The SMILES string of the molecule is Nc1c(C(=O)NCc2cncs2)sc2nnccc12. The minimum Gasteiger partial charge on any atom is -0.397 e. The van der Waals surface area contributed by atoms with Crippen LogP contribution in [-0.4, -0.2) is 21.1 Å². The van der Waals surface area contributed by atoms with E-state index >= 15 is 0 Å². The number of nitrogens with zero attached hydrogens (tertiary/aromatic N) is 3. The fourth-order valence-electron chi connectivity index (χ4n) is 1.62. The van der Waals surface area contributed by atoms with E-state index in [4.69, 9.17) is 5.73 Å². The molecular formula is C11H9N5OS2. The van der Waals surface area contributed by atoms with Crippen molar-refractivity contribution in [2.75, 3.05) is 5.73 Å². The van der Waals surface area contributed by atoms with Crippen molar-refractivity contribution in [3.8, 4) is 0 Å². The van der Waals surface area contributed by atoms with Crippen molar-refractivity contribution >= 4 is 44.5 Å². The monoisotopic (exact) mass is 291 g/mol. The second kappa shape index (κ2) is 4.90. The molecular weight excluding hydrogens is 282 g/mol. The number of nitrogens with two attached hydrogens (primary N) is 1. The van der Waals surface area contributed by atoms with Crippen molar-refractivity contribution in [1.29, 1.82) is 0 Å². The highest BCUT2D eigenvalue weighted by molar-refractivity contribution is 7.21. The summed E-state index contributed by atoms with van der Waals surface area (Å²) in [6.45, 7) is 0.447. The molecule has 0 atom stereocenters. The Bertz CT molecular complexity index is 722. The molecule has 0 aliphatic rings. The largest absolute Gasteiger partial charge is 0.397 e. The Balaban J connectivity index is 1.83. The number of nitrogens with one attached hydrogen (secondary N) is 1. The molecule has 0 bridgehead atoms. The zero-order valence-electron chi connectivity index (χ0n) is 9.66. The lowest BCUT2D eigenvalue weighted by Crippen LogP contribution is -2.22. The lowest BCUT2D eigenvalue weighted by molar-refractivity contribution is 0.0956. The molecule has 3 rings (SSSR count). The van der Waals surface area contributed by atoms with Gasteiger partial charge in [-0.2, -0.15) is 5.10 Å². The third kappa shape index (κ3) is 2.27. The number of nitrogen functional groups attached to an aromatic ring is 1. The second-order valence-electron chi connectivity index (χ2n) is 3.75. The molecule has 3 aromatic heterocycles. The third-order valence-electron chi connectivity index (χ3n) is 2.53. The van der Waals surface area contributed by atoms with E-state index in [1.165, 1.54) is 22.7 Å². The quantitative estimate of drug-likeness (QED) is 0.765. The third-order valence-corrected chi connectivity index (χ3v) is 4.42. The van der Waals surface area contributed by atoms with E-state index in [0.29, 0.717) is 21.9 Å². The Morgan fingerprint density at radius 1 is 1.47 bits per heavy atom. The van der Waals surface area contributed by atoms with Crippen molar-refractivity contribution in [3.63, 3.8) is 0 Å². The van der Waals surface area contributed by atoms with Crippen LogP contribution in [0.5, 0.6) is 0 Å². The molecule has 0 aromatic carbocycles. The van der Waals surface area contributed by atoms with E-state index in [1.54, 1.807) is 24.0 Å². The molecule has 3 aromatic rings. The summed E-state index contributed by atoms with van der Waals surface area (Å²) in [4.78, 5) is 18.2. The van der Waals surface area contributed by atoms with Crippen molar-refractivity contribution < 1.29 is 4.79 Å². The lowest BCUT2D eigenvalue weighted by atomic mass is 10.3. The minimum absolute atomic E-state index is 0.200. The van der Waals surface area contributed by atoms with Gasteiger partial charge in [0.2, 0.25) is 0 Å². The summed E-state index contributed by atoms with van der Waals surface area (Å²) in [5.41, 5.74) is 8.14. The maximum absolute atomic E-state index is 12.1. The van der Waals surface area contributed by atoms with Crippen LogP contribution in [0.1, 0.15) is 14.5 Å². The first-order chi connectivity index (χ1) is 9.25. The summed E-state index contributed by atoms with van der Waals surface area (Å²) < 4.78 is 0. The van der Waals surface area contributed by atoms with Gasteiger partial charge in [0.25, 0.3) is 5.91 Å². The zero-order chi connectivity index (χ0) is 13.2. The molecule has 96 valence electrons. The van der Waals surface area contributed by atoms with Crippen LogP contribution < -0.4 is 11.1 Å². The number of anilines is 1. The maximum Gasteiger partial charge on any atom is 0.263 e. The predicted octanol–water partition coefficient (Wildman–Crippen LogP) is 1.66. The average molecular weight is 291 g/mol. The Hall–Kier alpha value is -2.06. The van der Waals surface area contributed by atoms with Crippen molar-refractivity contribution in [2.45, 2.75) is 6.54 Å². The first-order valence-corrected chi connectivity index (χ1v) is 7.10. The maximum atomic E-state index is 12.1. The van der Waals surface area contributed by atoms with Gasteiger partial charge in [-0.1, -0.05) is 0 Å². The Morgan fingerprint density at radius 3 is 3.11 bits per heavy atom. The molecule has 0 fully saturated rings. The number of carbonyl (C=O) groups is 1. The van der Waals surface area contributed by atoms with E-state index in [9.17, 15) is 4.79 Å². The Morgan fingerprint density at radius 2 is 2.37 bits per heavy atom. The Kier molecular flexibility index (Phi) is 3.10. The van der Waals surface area contributed by atoms with Gasteiger partial charge in [-0.3, -0.25) is 9.78 Å². The van der Waals surface area contributed by atoms with E-state index < -0.39 is 0 Å². The van der Waals surface area contributed by atoms with E-state index in [1.807, 2.05) is 0 Å². The van der Waals surface area contributed by atoms with Crippen LogP contribution in [0.2, 0.25) is 0 Å². The van der Waals surface area contributed by atoms with Crippen LogP contribution in [0, 0.1) is 0 Å². The standard InChI is InChI=1S/C11H9N5OS2/c12-8-7-1-2-15-16-11(7)19-9(8)10(17)14-4-6-3-13-5-18-6/h1-3,5H,4,12H2,(H,14,17). The summed E-state index contributed by atoms with van der Waals surface area (Å²) in [5, 5.41) is 11.3. The number of aromatic nitrogens is 3. The second-order valence-corrected chi connectivity index (χ2v) is 5.72. The van der Waals surface area contributed by atoms with Crippen LogP contribution >= 0.6 is 22.7 Å². The number of fused-ring (bicyclic) bond motifs is 1. The molecule has 0 aliphatic carbocycles. The van der Waals surface area contributed by atoms with Crippen molar-refractivity contribution in [2.24, 2.45) is 0 Å². The van der Waals surface area contributed by atoms with Crippen LogP contribution in [0.3, 0.4) is 0 Å². The zero-order valence-corrected chi connectivity index (χ0v) is 11.3. The van der Waals surface area contributed by atoms with Crippen molar-refractivity contribution in [3.05, 3.63) is 33.7 Å². The number of rotatable bonds is 3. The van der Waals surface area contributed by atoms with Gasteiger partial charge in [-0.15, -0.1) is 27.8 Å². The highest BCUT2D eigenvalue weighted by Crippen LogP contribution is 2.31. The van der Waals surface area contributed by atoms with Gasteiger partial charge >= 0.3 is 0 Å². The fraction of sp³-hybridized carbons (Fsp3) is 0.0909. The molecule has 0 saturated carbocycles. The number of thiazole rings is 1. The van der Waals surface area contributed by atoms with Gasteiger partial charge in [0, 0.05) is 16.5 Å². The predicted molar refractivity (Wildman–Crippen MR) is 75.1 cm³/mol. The van der Waals surface area contributed by atoms with Crippen LogP contribution in [0.4, 0.5) is 5.69 Å². The van der Waals surface area contributed by atoms with Gasteiger partial charge in [0.05, 0.1) is 23.9 Å². The molecule has 0 radical (unpaired) electrons. The molecule has 8 heteroatoms. The van der Waals surface area contributed by atoms with E-state index in [0.717, 1.165) is 10.3 Å². The normalized spacial score (nSPS) is 10.7. The number of hydrogen-bond donors (Lipinski definition) is 2.